The van der Waals surface area contributed by atoms with Crippen molar-refractivity contribution in [3.63, 3.8) is 0 Å². The number of fused-ring (bicyclic) bond motifs is 5. The van der Waals surface area contributed by atoms with Crippen molar-refractivity contribution in [3.05, 3.63) is 72.3 Å². The van der Waals surface area contributed by atoms with E-state index in [1.165, 1.54) is 0 Å². The van der Waals surface area contributed by atoms with Gasteiger partial charge >= 0.3 is 0 Å². The van der Waals surface area contributed by atoms with Gasteiger partial charge in [-0.05, 0) is 36.3 Å². The first-order chi connectivity index (χ1) is 15.2. The van der Waals surface area contributed by atoms with E-state index in [1.807, 2.05) is 51.2 Å². The molecule has 2 N–H and O–H groups in total. The number of benzene rings is 1. The second-order valence-corrected chi connectivity index (χ2v) is 9.26. The predicted octanol–water partition coefficient (Wildman–Crippen LogP) is 5.68. The first-order valence-electron chi connectivity index (χ1n) is 11.0. The van der Waals surface area contributed by atoms with Gasteiger partial charge in [-0.25, -0.2) is 4.39 Å². The molecule has 1 aromatic heterocycles. The van der Waals surface area contributed by atoms with Crippen LogP contribution in [0.25, 0.3) is 16.6 Å². The van der Waals surface area contributed by atoms with Crippen molar-refractivity contribution in [3.8, 4) is 5.75 Å². The number of halogens is 1. The van der Waals surface area contributed by atoms with Crippen LogP contribution in [-0.2, 0) is 6.54 Å². The van der Waals surface area contributed by atoms with E-state index in [1.54, 1.807) is 6.07 Å². The number of aromatic nitrogens is 1. The normalized spacial score (nSPS) is 19.2. The monoisotopic (exact) mass is 438 g/mol. The lowest BCUT2D eigenvalue weighted by Gasteiger charge is -2.47. The summed E-state index contributed by atoms with van der Waals surface area (Å²) in [5.41, 5.74) is 3.60. The van der Waals surface area contributed by atoms with Crippen LogP contribution in [0.4, 0.5) is 4.39 Å². The third-order valence-electron chi connectivity index (χ3n) is 6.45. The minimum atomic E-state index is -1.35. The first-order valence-corrected chi connectivity index (χ1v) is 11.0. The number of alkyl halides is 1. The third-order valence-corrected chi connectivity index (χ3v) is 6.45. The molecule has 0 bridgehead atoms. The Hall–Kier alpha value is -2.99. The Morgan fingerprint density at radius 1 is 1.38 bits per heavy atom. The lowest BCUT2D eigenvalue weighted by Crippen LogP contribution is -2.50. The Kier molecular flexibility index (Phi) is 5.67. The van der Waals surface area contributed by atoms with Crippen molar-refractivity contribution >= 4 is 16.6 Å². The number of aliphatic hydroxyl groups excluding tert-OH is 2. The van der Waals surface area contributed by atoms with Gasteiger partial charge in [-0.2, -0.15) is 0 Å². The van der Waals surface area contributed by atoms with Crippen LogP contribution in [0.1, 0.15) is 39.3 Å². The lowest BCUT2D eigenvalue weighted by atomic mass is 9.81. The van der Waals surface area contributed by atoms with Gasteiger partial charge in [0.1, 0.15) is 11.5 Å². The van der Waals surface area contributed by atoms with Crippen molar-refractivity contribution in [2.24, 2.45) is 5.41 Å². The molecule has 2 atom stereocenters. The molecule has 2 aliphatic rings. The van der Waals surface area contributed by atoms with E-state index in [0.717, 1.165) is 22.3 Å². The smallest absolute Gasteiger partial charge is 0.238 e. The van der Waals surface area contributed by atoms with Gasteiger partial charge in [0.25, 0.3) is 0 Å². The summed E-state index contributed by atoms with van der Waals surface area (Å²) in [5.74, 6) is 0.475. The van der Waals surface area contributed by atoms with Crippen molar-refractivity contribution in [1.29, 1.82) is 0 Å². The van der Waals surface area contributed by atoms with Crippen LogP contribution in [0.2, 0.25) is 0 Å². The Balaban J connectivity index is 1.89. The molecule has 0 spiro atoms. The van der Waals surface area contributed by atoms with E-state index in [-0.39, 0.29) is 18.4 Å². The molecule has 6 heteroatoms. The van der Waals surface area contributed by atoms with Crippen LogP contribution >= 0.6 is 0 Å². The number of hydrogen-bond donors (Lipinski definition) is 2. The predicted molar refractivity (Wildman–Crippen MR) is 126 cm³/mol. The average Bonchev–Trinajstić information content (AvgIpc) is 3.12. The minimum absolute atomic E-state index is 0.00488. The maximum atomic E-state index is 14.3. The fourth-order valence-electron chi connectivity index (χ4n) is 4.52. The molecule has 2 unspecified atom stereocenters. The van der Waals surface area contributed by atoms with Gasteiger partial charge in [-0.15, -0.1) is 0 Å². The lowest BCUT2D eigenvalue weighted by molar-refractivity contribution is 0.0603. The molecular formula is C26H31FN2O3. The number of nitrogens with zero attached hydrogens (tertiary/aromatic N) is 2. The van der Waals surface area contributed by atoms with Gasteiger partial charge in [0.05, 0.1) is 29.6 Å². The van der Waals surface area contributed by atoms with Crippen LogP contribution in [-0.4, -0.2) is 38.7 Å². The molecule has 170 valence electrons. The van der Waals surface area contributed by atoms with Crippen LogP contribution in [0.15, 0.2) is 66.6 Å². The highest BCUT2D eigenvalue weighted by molar-refractivity contribution is 5.92. The minimum Gasteiger partial charge on any atom is -0.508 e. The fraction of sp³-hybridized carbons (Fsp3) is 0.385. The van der Waals surface area contributed by atoms with Gasteiger partial charge in [-0.1, -0.05) is 40.0 Å². The molecule has 0 saturated heterocycles. The van der Waals surface area contributed by atoms with E-state index in [2.05, 4.69) is 22.6 Å². The molecule has 0 amide bonds. The molecule has 1 aromatic carbocycles. The number of ether oxygens (including phenoxy) is 1. The summed E-state index contributed by atoms with van der Waals surface area (Å²) in [6, 6.07) is 7.61. The molecule has 0 aliphatic carbocycles. The quantitative estimate of drug-likeness (QED) is 0.546. The Morgan fingerprint density at radius 3 is 2.78 bits per heavy atom. The molecule has 0 radical (unpaired) electrons. The molecule has 3 heterocycles. The van der Waals surface area contributed by atoms with E-state index in [4.69, 9.17) is 4.74 Å². The van der Waals surface area contributed by atoms with Crippen molar-refractivity contribution < 1.29 is 19.3 Å². The standard InChI is InChI=1S/C26H31FN2O3/c1-6-8-25(27)32-23-10-7-9-20-18(23)12-22-21-11-16(2)19(17(3)31)13-29(21)24(14-28(20)22)26(4,5)15-30/h7,9-13,24-25,30-31H,2-3,6,8,14-15H2,1,4-5H3. The number of aliphatic hydroxyl groups is 2. The Bertz CT molecular complexity index is 1140. The van der Waals surface area contributed by atoms with Crippen LogP contribution in [0, 0.1) is 5.41 Å². The second kappa shape index (κ2) is 8.17. The van der Waals surface area contributed by atoms with Crippen molar-refractivity contribution in [2.45, 2.75) is 52.6 Å². The van der Waals surface area contributed by atoms with E-state index in [0.29, 0.717) is 36.3 Å². The molecular weight excluding hydrogens is 407 g/mol. The Labute approximate surface area is 188 Å². The summed E-state index contributed by atoms with van der Waals surface area (Å²) in [4.78, 5) is 2.09. The second-order valence-electron chi connectivity index (χ2n) is 9.26. The molecule has 2 aliphatic heterocycles. The van der Waals surface area contributed by atoms with Gasteiger partial charge < -0.3 is 24.4 Å². The highest BCUT2D eigenvalue weighted by atomic mass is 19.1. The molecule has 4 rings (SSSR count). The Morgan fingerprint density at radius 2 is 2.12 bits per heavy atom. The summed E-state index contributed by atoms with van der Waals surface area (Å²) in [5, 5.41) is 21.1. The zero-order valence-corrected chi connectivity index (χ0v) is 18.9. The summed E-state index contributed by atoms with van der Waals surface area (Å²) >= 11 is 0. The molecule has 5 nitrogen and oxygen atoms in total. The highest BCUT2D eigenvalue weighted by Crippen LogP contribution is 2.44. The first kappa shape index (κ1) is 22.2. The van der Waals surface area contributed by atoms with Gasteiger partial charge in [-0.3, -0.25) is 0 Å². The number of allylic oxidation sites excluding steroid dienone is 2. The molecule has 0 fully saturated rings. The summed E-state index contributed by atoms with van der Waals surface area (Å²) in [6.45, 7) is 14.3. The van der Waals surface area contributed by atoms with Crippen LogP contribution < -0.4 is 4.74 Å². The average molecular weight is 439 g/mol. The largest absolute Gasteiger partial charge is 0.508 e. The van der Waals surface area contributed by atoms with Crippen LogP contribution in [0.3, 0.4) is 0 Å². The molecule has 32 heavy (non-hydrogen) atoms. The summed E-state index contributed by atoms with van der Waals surface area (Å²) in [6.07, 6.45) is 3.48. The van der Waals surface area contributed by atoms with Gasteiger partial charge in [0, 0.05) is 35.5 Å². The van der Waals surface area contributed by atoms with E-state index < -0.39 is 11.8 Å². The molecule has 0 saturated carbocycles. The third kappa shape index (κ3) is 3.62. The topological polar surface area (TPSA) is 57.9 Å². The maximum absolute atomic E-state index is 14.3. The van der Waals surface area contributed by atoms with Crippen LogP contribution in [0.5, 0.6) is 5.75 Å². The zero-order valence-electron chi connectivity index (χ0n) is 18.9. The number of rotatable bonds is 7. The van der Waals surface area contributed by atoms with E-state index in [9.17, 15) is 14.6 Å². The number of hydrogen-bond acceptors (Lipinski definition) is 4. The van der Waals surface area contributed by atoms with Gasteiger partial charge in [0.2, 0.25) is 6.36 Å². The van der Waals surface area contributed by atoms with Crippen molar-refractivity contribution in [1.82, 2.24) is 9.47 Å². The highest BCUT2D eigenvalue weighted by Gasteiger charge is 2.41. The van der Waals surface area contributed by atoms with E-state index >= 15 is 0 Å². The summed E-state index contributed by atoms with van der Waals surface area (Å²) < 4.78 is 22.1. The van der Waals surface area contributed by atoms with Gasteiger partial charge in [0.15, 0.2) is 0 Å². The summed E-state index contributed by atoms with van der Waals surface area (Å²) in [7, 11) is 0. The SMILES string of the molecule is C=C(O)C1=CN2C(=CC1=C)c1cc3c(OC(F)CCC)cccc3n1CC2C(C)(C)CO. The maximum Gasteiger partial charge on any atom is 0.238 e. The van der Waals surface area contributed by atoms with Crippen molar-refractivity contribution in [2.75, 3.05) is 6.61 Å². The zero-order chi connectivity index (χ0) is 23.2. The fourth-order valence-corrected chi connectivity index (χ4v) is 4.52. The molecule has 2 aromatic rings.